The van der Waals surface area contributed by atoms with Gasteiger partial charge in [-0.3, -0.25) is 20.4 Å². The number of ether oxygens (including phenoxy) is 2. The zero-order valence-corrected chi connectivity index (χ0v) is 16.4. The second kappa shape index (κ2) is 9.07. The smallest absolute Gasteiger partial charge is 0.279 e. The van der Waals surface area contributed by atoms with E-state index >= 15 is 0 Å². The van der Waals surface area contributed by atoms with Crippen molar-refractivity contribution in [2.24, 2.45) is 0 Å². The number of nitrogens with one attached hydrogen (secondary N) is 2. The van der Waals surface area contributed by atoms with Gasteiger partial charge < -0.3 is 9.47 Å². The zero-order chi connectivity index (χ0) is 20.0. The molecule has 6 nitrogen and oxygen atoms in total. The molecule has 6 heteroatoms. The van der Waals surface area contributed by atoms with Crippen molar-refractivity contribution in [1.29, 1.82) is 0 Å². The molecule has 0 fully saturated rings. The summed E-state index contributed by atoms with van der Waals surface area (Å²) in [6, 6.07) is 11.5. The minimum atomic E-state index is -0.758. The molecule has 2 aromatic rings. The lowest BCUT2D eigenvalue weighted by Crippen LogP contribution is -2.48. The van der Waals surface area contributed by atoms with Crippen LogP contribution < -0.4 is 20.3 Å². The Hall–Kier alpha value is -3.02. The number of carbonyl (C=O) groups is 2. The Morgan fingerprint density at radius 1 is 0.926 bits per heavy atom. The standard InChI is InChI=1S/C21H26N2O4/c1-13-6-7-16(4)19(11-13)27-17(5)21(25)23-22-20(24)12-26-18-9-14(2)8-15(3)10-18/h6-11,17H,12H2,1-5H3,(H,22,24)(H,23,25). The summed E-state index contributed by atoms with van der Waals surface area (Å²) in [6.45, 7) is 9.19. The SMILES string of the molecule is Cc1cc(C)cc(OCC(=O)NNC(=O)C(C)Oc2cc(C)ccc2C)c1. The van der Waals surface area contributed by atoms with E-state index in [0.29, 0.717) is 11.5 Å². The third-order valence-corrected chi connectivity index (χ3v) is 3.91. The van der Waals surface area contributed by atoms with E-state index in [2.05, 4.69) is 10.9 Å². The quantitative estimate of drug-likeness (QED) is 0.767. The summed E-state index contributed by atoms with van der Waals surface area (Å²) in [6.07, 6.45) is -0.758. The molecule has 144 valence electrons. The van der Waals surface area contributed by atoms with Gasteiger partial charge in [0.15, 0.2) is 12.7 Å². The number of hydrazine groups is 1. The van der Waals surface area contributed by atoms with Crippen LogP contribution in [-0.2, 0) is 9.59 Å². The predicted octanol–water partition coefficient (Wildman–Crippen LogP) is 2.91. The Labute approximate surface area is 159 Å². The highest BCUT2D eigenvalue weighted by atomic mass is 16.5. The van der Waals surface area contributed by atoms with E-state index in [4.69, 9.17) is 9.47 Å². The molecule has 2 N–H and O–H groups in total. The van der Waals surface area contributed by atoms with Gasteiger partial charge in [-0.1, -0.05) is 18.2 Å². The minimum Gasteiger partial charge on any atom is -0.484 e. The van der Waals surface area contributed by atoms with Crippen molar-refractivity contribution in [2.75, 3.05) is 6.61 Å². The van der Waals surface area contributed by atoms with E-state index in [1.165, 1.54) is 0 Å². The fraction of sp³-hybridized carbons (Fsp3) is 0.333. The van der Waals surface area contributed by atoms with Gasteiger partial charge in [-0.2, -0.15) is 0 Å². The molecule has 0 aliphatic rings. The summed E-state index contributed by atoms with van der Waals surface area (Å²) in [5.41, 5.74) is 8.77. The van der Waals surface area contributed by atoms with Crippen LogP contribution >= 0.6 is 0 Å². The van der Waals surface area contributed by atoms with Gasteiger partial charge >= 0.3 is 0 Å². The van der Waals surface area contributed by atoms with Crippen molar-refractivity contribution in [2.45, 2.75) is 40.7 Å². The minimum absolute atomic E-state index is 0.199. The third-order valence-electron chi connectivity index (χ3n) is 3.91. The molecule has 2 amide bonds. The van der Waals surface area contributed by atoms with Crippen molar-refractivity contribution in [3.8, 4) is 11.5 Å². The van der Waals surface area contributed by atoms with E-state index in [0.717, 1.165) is 22.3 Å². The predicted molar refractivity (Wildman–Crippen MR) is 104 cm³/mol. The molecule has 0 heterocycles. The molecule has 1 atom stereocenters. The average molecular weight is 370 g/mol. The van der Waals surface area contributed by atoms with Crippen LogP contribution in [0.4, 0.5) is 0 Å². The molecule has 0 aliphatic heterocycles. The molecule has 0 aromatic heterocycles. The summed E-state index contributed by atoms with van der Waals surface area (Å²) < 4.78 is 11.1. The Balaban J connectivity index is 1.80. The fourth-order valence-corrected chi connectivity index (χ4v) is 2.51. The van der Waals surface area contributed by atoms with Gasteiger partial charge in [0.1, 0.15) is 11.5 Å². The molecule has 2 rings (SSSR count). The summed E-state index contributed by atoms with van der Waals surface area (Å²) in [5.74, 6) is 0.347. The lowest BCUT2D eigenvalue weighted by molar-refractivity contribution is -0.133. The lowest BCUT2D eigenvalue weighted by atomic mass is 10.1. The van der Waals surface area contributed by atoms with E-state index in [9.17, 15) is 9.59 Å². The maximum atomic E-state index is 12.1. The van der Waals surface area contributed by atoms with E-state index in [-0.39, 0.29) is 6.61 Å². The van der Waals surface area contributed by atoms with Gasteiger partial charge in [0.2, 0.25) is 0 Å². The van der Waals surface area contributed by atoms with Crippen LogP contribution in [0.1, 0.15) is 29.2 Å². The van der Waals surface area contributed by atoms with Crippen molar-refractivity contribution >= 4 is 11.8 Å². The van der Waals surface area contributed by atoms with Crippen LogP contribution in [0.15, 0.2) is 36.4 Å². The number of amides is 2. The van der Waals surface area contributed by atoms with Gasteiger partial charge in [0.05, 0.1) is 0 Å². The Morgan fingerprint density at radius 2 is 1.59 bits per heavy atom. The first-order valence-corrected chi connectivity index (χ1v) is 8.78. The summed E-state index contributed by atoms with van der Waals surface area (Å²) >= 11 is 0. The maximum absolute atomic E-state index is 12.1. The number of hydrogen-bond acceptors (Lipinski definition) is 4. The van der Waals surface area contributed by atoms with E-state index in [1.807, 2.05) is 64.1 Å². The number of aryl methyl sites for hydroxylation is 4. The topological polar surface area (TPSA) is 76.7 Å². The van der Waals surface area contributed by atoms with Crippen LogP contribution in [-0.4, -0.2) is 24.5 Å². The van der Waals surface area contributed by atoms with Crippen LogP contribution in [0.25, 0.3) is 0 Å². The molecule has 0 aliphatic carbocycles. The second-order valence-electron chi connectivity index (χ2n) is 6.68. The highest BCUT2D eigenvalue weighted by Crippen LogP contribution is 2.20. The summed E-state index contributed by atoms with van der Waals surface area (Å²) in [5, 5.41) is 0. The largest absolute Gasteiger partial charge is 0.484 e. The van der Waals surface area contributed by atoms with E-state index in [1.54, 1.807) is 6.92 Å². The molecular weight excluding hydrogens is 344 g/mol. The van der Waals surface area contributed by atoms with Crippen molar-refractivity contribution in [3.63, 3.8) is 0 Å². The fourth-order valence-electron chi connectivity index (χ4n) is 2.51. The molecule has 0 radical (unpaired) electrons. The maximum Gasteiger partial charge on any atom is 0.279 e. The van der Waals surface area contributed by atoms with Crippen LogP contribution in [0.3, 0.4) is 0 Å². The Kier molecular flexibility index (Phi) is 6.82. The molecule has 1 unspecified atom stereocenters. The van der Waals surface area contributed by atoms with Crippen LogP contribution in [0, 0.1) is 27.7 Å². The van der Waals surface area contributed by atoms with Gasteiger partial charge in [0.25, 0.3) is 11.8 Å². The van der Waals surface area contributed by atoms with Crippen molar-refractivity contribution < 1.29 is 19.1 Å². The molecule has 0 bridgehead atoms. The number of hydrogen-bond donors (Lipinski definition) is 2. The summed E-state index contributed by atoms with van der Waals surface area (Å²) in [7, 11) is 0. The van der Waals surface area contributed by atoms with Crippen LogP contribution in [0.5, 0.6) is 11.5 Å². The van der Waals surface area contributed by atoms with E-state index < -0.39 is 17.9 Å². The molecule has 27 heavy (non-hydrogen) atoms. The number of benzene rings is 2. The van der Waals surface area contributed by atoms with Gasteiger partial charge in [-0.25, -0.2) is 0 Å². The average Bonchev–Trinajstić information content (AvgIpc) is 2.60. The Bertz CT molecular complexity index is 813. The van der Waals surface area contributed by atoms with Crippen molar-refractivity contribution in [3.05, 3.63) is 58.7 Å². The highest BCUT2D eigenvalue weighted by Gasteiger charge is 2.16. The zero-order valence-electron chi connectivity index (χ0n) is 16.4. The molecule has 0 saturated heterocycles. The highest BCUT2D eigenvalue weighted by molar-refractivity contribution is 5.85. The Morgan fingerprint density at radius 3 is 2.26 bits per heavy atom. The van der Waals surface area contributed by atoms with Gasteiger partial charge in [0, 0.05) is 0 Å². The third kappa shape index (κ3) is 6.33. The first kappa shape index (κ1) is 20.3. The summed E-state index contributed by atoms with van der Waals surface area (Å²) in [4.78, 5) is 24.0. The van der Waals surface area contributed by atoms with Crippen molar-refractivity contribution in [1.82, 2.24) is 10.9 Å². The lowest BCUT2D eigenvalue weighted by Gasteiger charge is -2.17. The second-order valence-corrected chi connectivity index (χ2v) is 6.68. The number of rotatable bonds is 6. The first-order chi connectivity index (χ1) is 12.7. The normalized spacial score (nSPS) is 11.4. The first-order valence-electron chi connectivity index (χ1n) is 8.78. The molecule has 0 spiro atoms. The van der Waals surface area contributed by atoms with Gasteiger partial charge in [-0.15, -0.1) is 0 Å². The van der Waals surface area contributed by atoms with Gasteiger partial charge in [-0.05, 0) is 75.1 Å². The molecule has 2 aromatic carbocycles. The monoisotopic (exact) mass is 370 g/mol. The molecule has 0 saturated carbocycles. The van der Waals surface area contributed by atoms with Crippen LogP contribution in [0.2, 0.25) is 0 Å². The number of carbonyl (C=O) groups excluding carboxylic acids is 2. The molecular formula is C21H26N2O4.